The average molecular weight is 709 g/mol. The standard InChI is InChI=1S/C29H26Br2ClFN4O4/c1-4-16(3)28-36-21-11-10-18(30)13-19(21)29(39)37(28)34-14-17-12-23(40-5-2)27(26(32)25(17)31)41-15-24(38)35-22-9-7-6-8-20(22)33/h6-14,16H,4-5,15H2,1-3H3,(H,35,38)/t16-/m1/s1. The fourth-order valence-corrected chi connectivity index (χ4v) is 4.90. The molecule has 41 heavy (non-hydrogen) atoms. The van der Waals surface area contributed by atoms with E-state index in [9.17, 15) is 14.0 Å². The van der Waals surface area contributed by atoms with Crippen LogP contribution in [0.15, 0.2) is 67.4 Å². The molecular weight excluding hydrogens is 683 g/mol. The second kappa shape index (κ2) is 13.6. The monoisotopic (exact) mass is 706 g/mol. The molecule has 0 bridgehead atoms. The molecule has 0 radical (unpaired) electrons. The number of carbonyl (C=O) groups is 1. The summed E-state index contributed by atoms with van der Waals surface area (Å²) in [4.78, 5) is 30.6. The van der Waals surface area contributed by atoms with Gasteiger partial charge in [0.15, 0.2) is 18.1 Å². The van der Waals surface area contributed by atoms with Crippen LogP contribution in [0, 0.1) is 5.82 Å². The Morgan fingerprint density at radius 2 is 1.95 bits per heavy atom. The van der Waals surface area contributed by atoms with Gasteiger partial charge < -0.3 is 14.8 Å². The second-order valence-corrected chi connectivity index (χ2v) is 11.1. The van der Waals surface area contributed by atoms with Crippen molar-refractivity contribution < 1.29 is 18.7 Å². The summed E-state index contributed by atoms with van der Waals surface area (Å²) < 4.78 is 27.8. The van der Waals surface area contributed by atoms with Crippen LogP contribution >= 0.6 is 43.5 Å². The molecule has 1 amide bonds. The van der Waals surface area contributed by atoms with Gasteiger partial charge in [0.05, 0.1) is 29.4 Å². The van der Waals surface area contributed by atoms with Crippen LogP contribution in [-0.2, 0) is 4.79 Å². The number of halogens is 4. The minimum Gasteiger partial charge on any atom is -0.490 e. The number of nitrogens with one attached hydrogen (secondary N) is 1. The lowest BCUT2D eigenvalue weighted by molar-refractivity contribution is -0.118. The van der Waals surface area contributed by atoms with E-state index >= 15 is 0 Å². The van der Waals surface area contributed by atoms with Gasteiger partial charge in [0.1, 0.15) is 16.7 Å². The molecule has 12 heteroatoms. The van der Waals surface area contributed by atoms with E-state index in [1.54, 1.807) is 31.2 Å². The number of carbonyl (C=O) groups excluding carboxylic acids is 1. The van der Waals surface area contributed by atoms with Crippen LogP contribution in [0.4, 0.5) is 10.1 Å². The van der Waals surface area contributed by atoms with Crippen molar-refractivity contribution in [2.75, 3.05) is 18.5 Å². The molecule has 1 aromatic heterocycles. The van der Waals surface area contributed by atoms with Crippen LogP contribution in [-0.4, -0.2) is 35.0 Å². The van der Waals surface area contributed by atoms with Crippen LogP contribution in [0.5, 0.6) is 11.5 Å². The summed E-state index contributed by atoms with van der Waals surface area (Å²) in [6.45, 7) is 5.62. The summed E-state index contributed by atoms with van der Waals surface area (Å²) in [6, 6.07) is 12.8. The molecule has 1 atom stereocenters. The molecule has 0 aliphatic heterocycles. The zero-order valence-corrected chi connectivity index (χ0v) is 26.3. The maximum Gasteiger partial charge on any atom is 0.282 e. The van der Waals surface area contributed by atoms with Gasteiger partial charge in [0.25, 0.3) is 11.5 Å². The van der Waals surface area contributed by atoms with Crippen molar-refractivity contribution in [3.05, 3.63) is 90.1 Å². The van der Waals surface area contributed by atoms with Gasteiger partial charge in [-0.05, 0) is 65.7 Å². The minimum atomic E-state index is -0.581. The Morgan fingerprint density at radius 3 is 2.66 bits per heavy atom. The predicted molar refractivity (Wildman–Crippen MR) is 166 cm³/mol. The smallest absolute Gasteiger partial charge is 0.282 e. The highest BCUT2D eigenvalue weighted by Crippen LogP contribution is 2.42. The molecule has 0 fully saturated rings. The van der Waals surface area contributed by atoms with Crippen LogP contribution < -0.4 is 20.3 Å². The zero-order valence-electron chi connectivity index (χ0n) is 22.4. The van der Waals surface area contributed by atoms with Gasteiger partial charge in [0.2, 0.25) is 0 Å². The number of anilines is 1. The number of benzene rings is 3. The van der Waals surface area contributed by atoms with Crippen LogP contribution in [0.25, 0.3) is 10.9 Å². The molecule has 8 nitrogen and oxygen atoms in total. The van der Waals surface area contributed by atoms with E-state index < -0.39 is 18.3 Å². The molecule has 0 spiro atoms. The third kappa shape index (κ3) is 6.97. The van der Waals surface area contributed by atoms with Crippen LogP contribution in [0.2, 0.25) is 5.02 Å². The van der Waals surface area contributed by atoms with E-state index in [0.717, 1.165) is 10.9 Å². The Bertz CT molecular complexity index is 1700. The zero-order chi connectivity index (χ0) is 29.7. The maximum absolute atomic E-state index is 13.9. The largest absolute Gasteiger partial charge is 0.490 e. The lowest BCUT2D eigenvalue weighted by Crippen LogP contribution is -2.23. The van der Waals surface area contributed by atoms with Crippen LogP contribution in [0.1, 0.15) is 44.5 Å². The first-order valence-electron chi connectivity index (χ1n) is 12.7. The Kier molecular flexibility index (Phi) is 10.2. The van der Waals surface area contributed by atoms with Crippen molar-refractivity contribution in [2.24, 2.45) is 5.10 Å². The number of aromatic nitrogens is 2. The maximum atomic E-state index is 13.9. The number of rotatable bonds is 10. The fourth-order valence-electron chi connectivity index (χ4n) is 3.88. The number of amides is 1. The number of nitrogens with zero attached hydrogens (tertiary/aromatic N) is 3. The highest BCUT2D eigenvalue weighted by atomic mass is 79.9. The fraction of sp³-hybridized carbons (Fsp3) is 0.241. The topological polar surface area (TPSA) is 94.8 Å². The first kappa shape index (κ1) is 30.7. The molecule has 1 N–H and O–H groups in total. The van der Waals surface area contributed by atoms with Gasteiger partial charge in [-0.3, -0.25) is 9.59 Å². The Labute approximate surface area is 257 Å². The molecular formula is C29H26Br2ClFN4O4. The molecule has 0 saturated carbocycles. The molecule has 4 rings (SSSR count). The number of hydrogen-bond donors (Lipinski definition) is 1. The third-order valence-corrected chi connectivity index (χ3v) is 8.09. The molecule has 3 aromatic carbocycles. The third-order valence-electron chi connectivity index (χ3n) is 6.15. The van der Waals surface area contributed by atoms with E-state index in [1.807, 2.05) is 19.9 Å². The van der Waals surface area contributed by atoms with E-state index in [0.29, 0.717) is 26.8 Å². The Morgan fingerprint density at radius 1 is 1.20 bits per heavy atom. The highest BCUT2D eigenvalue weighted by Gasteiger charge is 2.20. The molecule has 0 aliphatic carbocycles. The van der Waals surface area contributed by atoms with Crippen molar-refractivity contribution in [3.63, 3.8) is 0 Å². The summed E-state index contributed by atoms with van der Waals surface area (Å²) in [5, 5.41) is 7.52. The van der Waals surface area contributed by atoms with Crippen molar-refractivity contribution in [1.29, 1.82) is 0 Å². The van der Waals surface area contributed by atoms with E-state index in [1.165, 1.54) is 29.1 Å². The summed E-state index contributed by atoms with van der Waals surface area (Å²) in [5.41, 5.74) is 0.810. The predicted octanol–water partition coefficient (Wildman–Crippen LogP) is 7.53. The second-order valence-electron chi connectivity index (χ2n) is 8.97. The molecule has 0 saturated heterocycles. The van der Waals surface area contributed by atoms with Crippen molar-refractivity contribution in [3.8, 4) is 11.5 Å². The van der Waals surface area contributed by atoms with Gasteiger partial charge in [-0.25, -0.2) is 9.37 Å². The summed E-state index contributed by atoms with van der Waals surface area (Å²) in [5.74, 6) is -0.276. The van der Waals surface area contributed by atoms with E-state index in [-0.39, 0.29) is 40.3 Å². The molecule has 4 aromatic rings. The van der Waals surface area contributed by atoms with Gasteiger partial charge in [-0.15, -0.1) is 0 Å². The minimum absolute atomic E-state index is 0.0347. The Hall–Kier alpha value is -3.28. The molecule has 0 aliphatic rings. The van der Waals surface area contributed by atoms with Crippen molar-refractivity contribution in [2.45, 2.75) is 33.1 Å². The van der Waals surface area contributed by atoms with Crippen molar-refractivity contribution >= 4 is 72.2 Å². The summed E-state index contributed by atoms with van der Waals surface area (Å²) in [6.07, 6.45) is 2.23. The first-order valence-corrected chi connectivity index (χ1v) is 14.7. The van der Waals surface area contributed by atoms with Gasteiger partial charge in [0, 0.05) is 20.4 Å². The molecule has 1 heterocycles. The highest BCUT2D eigenvalue weighted by molar-refractivity contribution is 9.10. The van der Waals surface area contributed by atoms with Crippen molar-refractivity contribution in [1.82, 2.24) is 9.66 Å². The van der Waals surface area contributed by atoms with Crippen LogP contribution in [0.3, 0.4) is 0 Å². The molecule has 214 valence electrons. The van der Waals surface area contributed by atoms with Gasteiger partial charge in [-0.1, -0.05) is 53.5 Å². The Balaban J connectivity index is 1.68. The summed E-state index contributed by atoms with van der Waals surface area (Å²) in [7, 11) is 0. The van der Waals surface area contributed by atoms with Gasteiger partial charge >= 0.3 is 0 Å². The first-order chi connectivity index (χ1) is 19.6. The molecule has 0 unspecified atom stereocenters. The lowest BCUT2D eigenvalue weighted by atomic mass is 10.1. The number of ether oxygens (including phenoxy) is 2. The number of para-hydroxylation sites is 1. The van der Waals surface area contributed by atoms with E-state index in [4.69, 9.17) is 26.1 Å². The summed E-state index contributed by atoms with van der Waals surface area (Å²) >= 11 is 13.5. The normalized spacial score (nSPS) is 12.1. The SMILES string of the molecule is CCOc1cc(C=Nn2c([C@H](C)CC)nc3ccc(Br)cc3c2=O)c(Br)c(Cl)c1OCC(=O)Nc1ccccc1F. The van der Waals surface area contributed by atoms with E-state index in [2.05, 4.69) is 42.3 Å². The quantitative estimate of drug-likeness (QED) is 0.172. The number of hydrogen-bond acceptors (Lipinski definition) is 6. The van der Waals surface area contributed by atoms with Gasteiger partial charge in [-0.2, -0.15) is 9.78 Å². The lowest BCUT2D eigenvalue weighted by Gasteiger charge is -2.16. The average Bonchev–Trinajstić information content (AvgIpc) is 2.95. The number of fused-ring (bicyclic) bond motifs is 1.